The van der Waals surface area contributed by atoms with Gasteiger partial charge in [-0.05, 0) is 37.8 Å². The van der Waals surface area contributed by atoms with E-state index < -0.39 is 0 Å². The third kappa shape index (κ3) is 3.82. The highest BCUT2D eigenvalue weighted by Crippen LogP contribution is 2.23. The Morgan fingerprint density at radius 2 is 2.06 bits per heavy atom. The maximum absolute atomic E-state index is 5.82. The van der Waals surface area contributed by atoms with Crippen molar-refractivity contribution in [1.29, 1.82) is 0 Å². The summed E-state index contributed by atoms with van der Waals surface area (Å²) in [4.78, 5) is 0. The zero-order chi connectivity index (χ0) is 11.8. The van der Waals surface area contributed by atoms with Crippen molar-refractivity contribution in [2.24, 2.45) is 5.92 Å². The first-order valence-corrected chi connectivity index (χ1v) is 6.89. The van der Waals surface area contributed by atoms with E-state index in [-0.39, 0.29) is 0 Å². The van der Waals surface area contributed by atoms with Crippen LogP contribution in [0.5, 0.6) is 0 Å². The SMILES string of the molecule is CCCNC(C1=CCCCO1)C(CC)CC. The molecule has 94 valence electrons. The van der Waals surface area contributed by atoms with Gasteiger partial charge in [0.25, 0.3) is 0 Å². The number of nitrogens with one attached hydrogen (secondary N) is 1. The highest BCUT2D eigenvalue weighted by Gasteiger charge is 2.24. The van der Waals surface area contributed by atoms with E-state index in [0.29, 0.717) is 12.0 Å². The van der Waals surface area contributed by atoms with E-state index in [2.05, 4.69) is 32.2 Å². The standard InChI is InChI=1S/C14H27NO/c1-4-10-15-14(12(5-2)6-3)13-9-7-8-11-16-13/h9,12,14-15H,4-8,10-11H2,1-3H3. The van der Waals surface area contributed by atoms with Crippen molar-refractivity contribution < 1.29 is 4.74 Å². The first kappa shape index (κ1) is 13.6. The van der Waals surface area contributed by atoms with E-state index in [1.807, 2.05) is 0 Å². The Morgan fingerprint density at radius 3 is 2.56 bits per heavy atom. The van der Waals surface area contributed by atoms with Crippen LogP contribution in [0.15, 0.2) is 11.8 Å². The van der Waals surface area contributed by atoms with Crippen LogP contribution >= 0.6 is 0 Å². The maximum atomic E-state index is 5.82. The first-order valence-electron chi connectivity index (χ1n) is 6.89. The molecular weight excluding hydrogens is 198 g/mol. The molecule has 0 aromatic rings. The van der Waals surface area contributed by atoms with Crippen LogP contribution in [0.25, 0.3) is 0 Å². The van der Waals surface area contributed by atoms with Crippen LogP contribution in [0, 0.1) is 5.92 Å². The van der Waals surface area contributed by atoms with Crippen molar-refractivity contribution in [3.63, 3.8) is 0 Å². The number of rotatable bonds is 7. The lowest BCUT2D eigenvalue weighted by molar-refractivity contribution is 0.148. The van der Waals surface area contributed by atoms with Gasteiger partial charge in [-0.2, -0.15) is 0 Å². The van der Waals surface area contributed by atoms with Gasteiger partial charge < -0.3 is 10.1 Å². The number of hydrogen-bond acceptors (Lipinski definition) is 2. The third-order valence-corrected chi connectivity index (χ3v) is 3.40. The van der Waals surface area contributed by atoms with Crippen LogP contribution in [-0.4, -0.2) is 19.2 Å². The predicted octanol–water partition coefficient (Wildman–Crippen LogP) is 3.49. The fourth-order valence-electron chi connectivity index (χ4n) is 2.35. The second-order valence-electron chi connectivity index (χ2n) is 4.61. The summed E-state index contributed by atoms with van der Waals surface area (Å²) in [5.41, 5.74) is 0. The molecule has 0 fully saturated rings. The van der Waals surface area contributed by atoms with Crippen LogP contribution in [-0.2, 0) is 4.74 Å². The summed E-state index contributed by atoms with van der Waals surface area (Å²) in [5.74, 6) is 1.91. The zero-order valence-electron chi connectivity index (χ0n) is 11.1. The molecule has 0 spiro atoms. The Hall–Kier alpha value is -0.500. The summed E-state index contributed by atoms with van der Waals surface area (Å²) in [6.45, 7) is 8.75. The molecular formula is C14H27NO. The molecule has 16 heavy (non-hydrogen) atoms. The summed E-state index contributed by atoms with van der Waals surface area (Å²) < 4.78 is 5.82. The Morgan fingerprint density at radius 1 is 1.31 bits per heavy atom. The van der Waals surface area contributed by atoms with Gasteiger partial charge in [-0.15, -0.1) is 0 Å². The average molecular weight is 225 g/mol. The maximum Gasteiger partial charge on any atom is 0.109 e. The van der Waals surface area contributed by atoms with Crippen molar-refractivity contribution in [3.05, 3.63) is 11.8 Å². The second-order valence-corrected chi connectivity index (χ2v) is 4.61. The van der Waals surface area contributed by atoms with E-state index in [9.17, 15) is 0 Å². The summed E-state index contributed by atoms with van der Waals surface area (Å²) in [5, 5.41) is 3.65. The topological polar surface area (TPSA) is 21.3 Å². The molecule has 0 aliphatic carbocycles. The normalized spacial score (nSPS) is 18.1. The quantitative estimate of drug-likeness (QED) is 0.716. The van der Waals surface area contributed by atoms with Crippen LogP contribution in [0.3, 0.4) is 0 Å². The molecule has 1 unspecified atom stereocenters. The molecule has 0 saturated heterocycles. The highest BCUT2D eigenvalue weighted by atomic mass is 16.5. The van der Waals surface area contributed by atoms with Crippen molar-refractivity contribution in [1.82, 2.24) is 5.32 Å². The van der Waals surface area contributed by atoms with Gasteiger partial charge in [-0.3, -0.25) is 0 Å². The largest absolute Gasteiger partial charge is 0.497 e. The van der Waals surface area contributed by atoms with Gasteiger partial charge in [0, 0.05) is 0 Å². The molecule has 0 aromatic carbocycles. The smallest absolute Gasteiger partial charge is 0.109 e. The predicted molar refractivity (Wildman–Crippen MR) is 69.4 cm³/mol. The van der Waals surface area contributed by atoms with Crippen molar-refractivity contribution >= 4 is 0 Å². The molecule has 1 rings (SSSR count). The van der Waals surface area contributed by atoms with Gasteiger partial charge >= 0.3 is 0 Å². The van der Waals surface area contributed by atoms with E-state index in [1.54, 1.807) is 0 Å². The lowest BCUT2D eigenvalue weighted by Crippen LogP contribution is -2.39. The molecule has 2 nitrogen and oxygen atoms in total. The molecule has 1 N–H and O–H groups in total. The van der Waals surface area contributed by atoms with Crippen LogP contribution in [0.1, 0.15) is 52.9 Å². The van der Waals surface area contributed by atoms with Crippen LogP contribution in [0.2, 0.25) is 0 Å². The Labute approximate surface area is 100 Å². The molecule has 1 aliphatic rings. The zero-order valence-corrected chi connectivity index (χ0v) is 11.1. The van der Waals surface area contributed by atoms with Crippen LogP contribution in [0.4, 0.5) is 0 Å². The Kier molecular flexibility index (Phi) is 6.55. The molecule has 1 atom stereocenters. The Bertz CT molecular complexity index is 209. The Balaban J connectivity index is 2.64. The monoisotopic (exact) mass is 225 g/mol. The summed E-state index contributed by atoms with van der Waals surface area (Å²) in [7, 11) is 0. The van der Waals surface area contributed by atoms with Gasteiger partial charge in [-0.25, -0.2) is 0 Å². The molecule has 0 saturated carbocycles. The van der Waals surface area contributed by atoms with Crippen LogP contribution < -0.4 is 5.32 Å². The van der Waals surface area contributed by atoms with E-state index in [1.165, 1.54) is 37.9 Å². The summed E-state index contributed by atoms with van der Waals surface area (Å²) in [6, 6.07) is 0.440. The third-order valence-electron chi connectivity index (χ3n) is 3.40. The lowest BCUT2D eigenvalue weighted by atomic mass is 9.91. The average Bonchev–Trinajstić information content (AvgIpc) is 2.35. The van der Waals surface area contributed by atoms with E-state index in [0.717, 1.165) is 13.2 Å². The van der Waals surface area contributed by atoms with Gasteiger partial charge in [0.2, 0.25) is 0 Å². The summed E-state index contributed by atoms with van der Waals surface area (Å²) in [6.07, 6.45) is 8.27. The number of hydrogen-bond donors (Lipinski definition) is 1. The minimum atomic E-state index is 0.440. The minimum absolute atomic E-state index is 0.440. The molecule has 2 heteroatoms. The van der Waals surface area contributed by atoms with Gasteiger partial charge in [-0.1, -0.05) is 33.6 Å². The number of ether oxygens (including phenoxy) is 1. The fraction of sp³-hybridized carbons (Fsp3) is 0.857. The van der Waals surface area contributed by atoms with E-state index in [4.69, 9.17) is 4.74 Å². The molecule has 0 radical (unpaired) electrons. The first-order chi connectivity index (χ1) is 7.83. The van der Waals surface area contributed by atoms with Crippen molar-refractivity contribution in [2.75, 3.05) is 13.2 Å². The molecule has 0 bridgehead atoms. The van der Waals surface area contributed by atoms with Gasteiger partial charge in [0.15, 0.2) is 0 Å². The number of allylic oxidation sites excluding steroid dienone is 1. The second kappa shape index (κ2) is 7.72. The van der Waals surface area contributed by atoms with Crippen molar-refractivity contribution in [2.45, 2.75) is 58.9 Å². The van der Waals surface area contributed by atoms with E-state index >= 15 is 0 Å². The fourth-order valence-corrected chi connectivity index (χ4v) is 2.35. The molecule has 0 aromatic heterocycles. The molecule has 1 aliphatic heterocycles. The van der Waals surface area contributed by atoms with Gasteiger partial charge in [0.05, 0.1) is 12.6 Å². The minimum Gasteiger partial charge on any atom is -0.497 e. The lowest BCUT2D eigenvalue weighted by Gasteiger charge is -2.30. The molecule has 0 amide bonds. The summed E-state index contributed by atoms with van der Waals surface area (Å²) >= 11 is 0. The molecule has 1 heterocycles. The van der Waals surface area contributed by atoms with Crippen molar-refractivity contribution in [3.8, 4) is 0 Å². The van der Waals surface area contributed by atoms with Gasteiger partial charge in [0.1, 0.15) is 5.76 Å². The highest BCUT2D eigenvalue weighted by molar-refractivity contribution is 5.07.